The molecule has 0 bridgehead atoms. The summed E-state index contributed by atoms with van der Waals surface area (Å²) in [4.78, 5) is 9.74. The summed E-state index contributed by atoms with van der Waals surface area (Å²) in [5, 5.41) is 0. The van der Waals surface area contributed by atoms with E-state index in [1.807, 2.05) is 0 Å². The van der Waals surface area contributed by atoms with Gasteiger partial charge in [-0.1, -0.05) is 237 Å². The van der Waals surface area contributed by atoms with Crippen LogP contribution in [0.4, 0.5) is 45.5 Å². The molecule has 0 saturated heterocycles. The summed E-state index contributed by atoms with van der Waals surface area (Å²) in [5.41, 5.74) is 69.2. The van der Waals surface area contributed by atoms with E-state index in [0.717, 1.165) is 77.0 Å². The van der Waals surface area contributed by atoms with Gasteiger partial charge in [0.1, 0.15) is 0 Å². The van der Waals surface area contributed by atoms with Crippen LogP contribution in [0.5, 0.6) is 0 Å². The van der Waals surface area contributed by atoms with Gasteiger partial charge in [0.2, 0.25) is 0 Å². The van der Waals surface area contributed by atoms with Gasteiger partial charge in [0, 0.05) is 99.1 Å². The third kappa shape index (κ3) is 9.86. The zero-order chi connectivity index (χ0) is 76.4. The molecule has 0 spiro atoms. The van der Waals surface area contributed by atoms with Crippen LogP contribution in [0.1, 0.15) is 134 Å². The Bertz CT molecular complexity index is 6940. The van der Waals surface area contributed by atoms with Crippen molar-refractivity contribution >= 4 is 45.5 Å². The molecule has 4 heteroatoms. The molecule has 0 radical (unpaired) electrons. The minimum atomic E-state index is 1.01. The van der Waals surface area contributed by atoms with Crippen molar-refractivity contribution < 1.29 is 0 Å². The van der Waals surface area contributed by atoms with Crippen molar-refractivity contribution in [2.75, 3.05) is 47.8 Å². The van der Waals surface area contributed by atoms with Gasteiger partial charge in [-0.05, 0) is 317 Å². The van der Waals surface area contributed by atoms with Crippen LogP contribution in [0, 0.1) is 0 Å². The lowest BCUT2D eigenvalue weighted by atomic mass is 9.86. The van der Waals surface area contributed by atoms with Gasteiger partial charge in [-0.2, -0.15) is 0 Å². The molecule has 0 aromatic heterocycles. The van der Waals surface area contributed by atoms with Gasteiger partial charge in [-0.15, -0.1) is 0 Å². The molecule has 552 valence electrons. The Kier molecular flexibility index (Phi) is 14.3. The monoisotopic (exact) mass is 1480 g/mol. The second kappa shape index (κ2) is 25.1. The van der Waals surface area contributed by atoms with Crippen LogP contribution in [0.3, 0.4) is 0 Å². The lowest BCUT2D eigenvalue weighted by Gasteiger charge is -2.34. The average molecular weight is 1490 g/mol. The molecule has 0 fully saturated rings. The normalized spacial score (nSPS) is 14.6. The Morgan fingerprint density at radius 3 is 0.845 bits per heavy atom. The fourth-order valence-corrected chi connectivity index (χ4v) is 23.1. The van der Waals surface area contributed by atoms with Crippen LogP contribution < -0.4 is 19.6 Å². The molecule has 0 unspecified atom stereocenters. The SMILES string of the molecule is CN1c2cc3c(cc2Cc2cc4c(cc21)-c1ccccc1C4)-c1ccccc1C3.CN1c2cc3c(cc2Cc2cc4c(cc21)Cc1ccccc1-4)-c1ccccc1C3.CN1c2ccc3c(c2Cc2ccc4c(c21)-c1ccccc1C4)-c1ccccc1C3.CN1c2ccc3c(c2Cc2ccc4c(c21)-c1ccccc1C4)Cc1ccccc1-3. The summed E-state index contributed by atoms with van der Waals surface area (Å²) in [6, 6.07) is 110. The molecule has 16 aromatic rings. The van der Waals surface area contributed by atoms with E-state index >= 15 is 0 Å². The van der Waals surface area contributed by atoms with Crippen molar-refractivity contribution in [1.29, 1.82) is 0 Å². The molecule has 0 atom stereocenters. The molecule has 0 amide bonds. The molecule has 12 aliphatic rings. The fraction of sp³-hybridized carbons (Fsp3) is 0.143. The highest BCUT2D eigenvalue weighted by molar-refractivity contribution is 5.99. The molecule has 4 aliphatic heterocycles. The maximum atomic E-state index is 2.46. The van der Waals surface area contributed by atoms with Crippen LogP contribution in [0.2, 0.25) is 0 Å². The molecule has 8 aliphatic carbocycles. The van der Waals surface area contributed by atoms with Crippen molar-refractivity contribution in [1.82, 2.24) is 0 Å². The van der Waals surface area contributed by atoms with E-state index < -0.39 is 0 Å². The summed E-state index contributed by atoms with van der Waals surface area (Å²) in [5.74, 6) is 0. The van der Waals surface area contributed by atoms with Gasteiger partial charge < -0.3 is 19.6 Å². The molecule has 4 heterocycles. The predicted octanol–water partition coefficient (Wildman–Crippen LogP) is 26.0. The lowest BCUT2D eigenvalue weighted by molar-refractivity contribution is 1.03. The van der Waals surface area contributed by atoms with Gasteiger partial charge in [0.15, 0.2) is 0 Å². The first-order valence-electron chi connectivity index (χ1n) is 41.9. The number of nitrogens with zero attached hydrogens (tertiary/aromatic N) is 4. The summed E-state index contributed by atoms with van der Waals surface area (Å²) in [7, 11) is 8.98. The van der Waals surface area contributed by atoms with Crippen LogP contribution in [0.15, 0.2) is 291 Å². The van der Waals surface area contributed by atoms with Crippen LogP contribution in [-0.2, 0) is 77.0 Å². The van der Waals surface area contributed by atoms with Gasteiger partial charge in [-0.25, -0.2) is 0 Å². The number of rotatable bonds is 0. The van der Waals surface area contributed by atoms with E-state index in [-0.39, 0.29) is 0 Å². The maximum absolute atomic E-state index is 2.46. The topological polar surface area (TPSA) is 13.0 Å². The quantitative estimate of drug-likeness (QED) is 0.150. The molecular formula is C112H84N4. The van der Waals surface area contributed by atoms with E-state index in [1.165, 1.54) is 268 Å². The zero-order valence-electron chi connectivity index (χ0n) is 66.0. The third-order valence-corrected chi connectivity index (χ3v) is 28.5. The number of hydrogen-bond donors (Lipinski definition) is 0. The van der Waals surface area contributed by atoms with E-state index in [4.69, 9.17) is 0 Å². The second-order valence-corrected chi connectivity index (χ2v) is 34.6. The first kappa shape index (κ1) is 66.2. The van der Waals surface area contributed by atoms with Crippen molar-refractivity contribution in [3.8, 4) is 89.0 Å². The molecule has 116 heavy (non-hydrogen) atoms. The van der Waals surface area contributed by atoms with Crippen LogP contribution in [-0.4, -0.2) is 28.2 Å². The number of anilines is 8. The molecule has 0 N–H and O–H groups in total. The molecular weight excluding hydrogens is 1400 g/mol. The largest absolute Gasteiger partial charge is 0.344 e. The molecule has 28 rings (SSSR count). The van der Waals surface area contributed by atoms with Gasteiger partial charge in [0.25, 0.3) is 0 Å². The minimum absolute atomic E-state index is 1.01. The molecule has 16 aromatic carbocycles. The first-order valence-corrected chi connectivity index (χ1v) is 41.9. The number of hydrogen-bond acceptors (Lipinski definition) is 4. The van der Waals surface area contributed by atoms with E-state index in [2.05, 4.69) is 339 Å². The Balaban J connectivity index is 0.0000000866. The van der Waals surface area contributed by atoms with E-state index in [9.17, 15) is 0 Å². The van der Waals surface area contributed by atoms with E-state index in [1.54, 1.807) is 0 Å². The molecule has 0 saturated carbocycles. The predicted molar refractivity (Wildman–Crippen MR) is 481 cm³/mol. The Hall–Kier alpha value is -13.3. The summed E-state index contributed by atoms with van der Waals surface area (Å²) in [6.45, 7) is 0. The van der Waals surface area contributed by atoms with E-state index in [0.29, 0.717) is 0 Å². The Morgan fingerprint density at radius 1 is 0.147 bits per heavy atom. The average Bonchev–Trinajstić information content (AvgIpc) is 1.49. The lowest BCUT2D eigenvalue weighted by Crippen LogP contribution is -2.20. The second-order valence-electron chi connectivity index (χ2n) is 34.6. The van der Waals surface area contributed by atoms with Gasteiger partial charge in [-0.3, -0.25) is 0 Å². The van der Waals surface area contributed by atoms with Gasteiger partial charge in [0.05, 0.1) is 11.4 Å². The summed E-state index contributed by atoms with van der Waals surface area (Å²) >= 11 is 0. The van der Waals surface area contributed by atoms with Crippen LogP contribution >= 0.6 is 0 Å². The highest BCUT2D eigenvalue weighted by Gasteiger charge is 2.38. The molecule has 4 nitrogen and oxygen atoms in total. The fourth-order valence-electron chi connectivity index (χ4n) is 23.1. The summed E-state index contributed by atoms with van der Waals surface area (Å²) < 4.78 is 0. The standard InChI is InChI=1S/4C28H21N/c1-29-27-15-20-11-18-7-2-4-8-23(18)25(20)14-22(27)13-21-12-19-10-17-6-3-5-9-24(17)26(19)16-28(21)29;1-29-26-13-12-23-21-8-4-2-7-18(21)15-24(23)25(26)16-20-11-10-19-14-17-6-3-5-9-22(17)27(19)28(20)29;1-29-27-15-19-10-17-6-2-4-8-23(17)25(19)13-21(27)12-22-14-26-20(16-28(22)29)11-18-7-3-5-9-24(18)26;1-29-25-13-12-19-14-17-6-2-4-8-22(17)26(19)24(25)16-21-11-10-20-15-18-7-3-5-9-23(18)27(20)28(21)29/h2-9,12,14-16H,10-11,13H2,1H3;2-13H,14-16H2,1H3;2-9,13-16H,10-12H2,1H3;2-13H,14-16H2,1H3. The first-order chi connectivity index (χ1) is 57.1. The smallest absolute Gasteiger partial charge is 0.0526 e. The highest BCUT2D eigenvalue weighted by Crippen LogP contribution is 2.57. The minimum Gasteiger partial charge on any atom is -0.344 e. The van der Waals surface area contributed by atoms with Crippen LogP contribution in [0.25, 0.3) is 89.0 Å². The Labute approximate surface area is 679 Å². The van der Waals surface area contributed by atoms with Crippen molar-refractivity contribution in [3.63, 3.8) is 0 Å². The van der Waals surface area contributed by atoms with Crippen molar-refractivity contribution in [2.24, 2.45) is 0 Å². The zero-order valence-corrected chi connectivity index (χ0v) is 66.0. The van der Waals surface area contributed by atoms with Crippen molar-refractivity contribution in [2.45, 2.75) is 77.0 Å². The van der Waals surface area contributed by atoms with Gasteiger partial charge >= 0.3 is 0 Å². The summed E-state index contributed by atoms with van der Waals surface area (Å²) in [6.07, 6.45) is 12.5. The highest BCUT2D eigenvalue weighted by atomic mass is 15.1. The Morgan fingerprint density at radius 2 is 0.414 bits per heavy atom. The van der Waals surface area contributed by atoms with Crippen molar-refractivity contribution in [3.05, 3.63) is 425 Å². The maximum Gasteiger partial charge on any atom is 0.0526 e. The number of benzene rings is 16. The number of fused-ring (bicyclic) bond motifs is 36. The third-order valence-electron chi connectivity index (χ3n) is 28.5.